The molecule has 0 N–H and O–H groups in total. The number of hydrogen-bond acceptors (Lipinski definition) is 1. The Hall–Kier alpha value is -1.02. The summed E-state index contributed by atoms with van der Waals surface area (Å²) >= 11 is 5.42. The third kappa shape index (κ3) is 2.72. The molecule has 0 spiro atoms. The van der Waals surface area contributed by atoms with Crippen molar-refractivity contribution in [2.24, 2.45) is 0 Å². The van der Waals surface area contributed by atoms with Crippen LogP contribution in [-0.4, -0.2) is 16.2 Å². The van der Waals surface area contributed by atoms with Gasteiger partial charge >= 0.3 is 0 Å². The Morgan fingerprint density at radius 2 is 2.20 bits per heavy atom. The summed E-state index contributed by atoms with van der Waals surface area (Å²) < 4.78 is 2.21. The highest BCUT2D eigenvalue weighted by atomic mass is 35.5. The Morgan fingerprint density at radius 1 is 1.53 bits per heavy atom. The van der Waals surface area contributed by atoms with Crippen molar-refractivity contribution in [1.82, 2.24) is 4.57 Å². The molecule has 0 amide bonds. The van der Waals surface area contributed by atoms with Crippen molar-refractivity contribution in [3.63, 3.8) is 0 Å². The fraction of sp³-hybridized carbons (Fsp3) is 0.417. The average Bonchev–Trinajstić information content (AvgIpc) is 2.50. The summed E-state index contributed by atoms with van der Waals surface area (Å²) in [7, 11) is 0. The van der Waals surface area contributed by atoms with E-state index < -0.39 is 0 Å². The Bertz CT molecular complexity index is 391. The van der Waals surface area contributed by atoms with Crippen molar-refractivity contribution in [1.29, 1.82) is 0 Å². The number of nitrogens with zero attached hydrogens (tertiary/aromatic N) is 1. The monoisotopic (exact) mass is 225 g/mol. The molecule has 82 valence electrons. The van der Waals surface area contributed by atoms with E-state index in [9.17, 15) is 4.79 Å². The van der Waals surface area contributed by atoms with Gasteiger partial charge in [0, 0.05) is 17.9 Å². The zero-order chi connectivity index (χ0) is 11.4. The number of halogens is 1. The zero-order valence-electron chi connectivity index (χ0n) is 9.38. The molecule has 0 saturated heterocycles. The number of hydrogen-bond donors (Lipinski definition) is 0. The summed E-state index contributed by atoms with van der Waals surface area (Å²) in [5.74, 6) is -0.0128. The number of rotatable bonds is 4. The van der Waals surface area contributed by atoms with Gasteiger partial charge in [0.25, 0.3) is 0 Å². The highest BCUT2D eigenvalue weighted by molar-refractivity contribution is 6.29. The van der Waals surface area contributed by atoms with Gasteiger partial charge in [0.15, 0.2) is 5.78 Å². The van der Waals surface area contributed by atoms with Gasteiger partial charge in [-0.2, -0.15) is 0 Å². The fourth-order valence-corrected chi connectivity index (χ4v) is 1.80. The first-order valence-corrected chi connectivity index (χ1v) is 5.57. The van der Waals surface area contributed by atoms with Crippen LogP contribution in [0.3, 0.4) is 0 Å². The van der Waals surface area contributed by atoms with Gasteiger partial charge in [0.2, 0.25) is 0 Å². The number of aryl methyl sites for hydroxylation is 1. The van der Waals surface area contributed by atoms with Crippen LogP contribution in [0.4, 0.5) is 0 Å². The van der Waals surface area contributed by atoms with Gasteiger partial charge < -0.3 is 4.57 Å². The normalized spacial score (nSPS) is 11.2. The minimum absolute atomic E-state index is 0.0447. The molecule has 2 nitrogen and oxygen atoms in total. The molecule has 0 bridgehead atoms. The molecule has 0 aliphatic rings. The second-order valence-electron chi connectivity index (χ2n) is 3.50. The van der Waals surface area contributed by atoms with Crippen LogP contribution in [0.2, 0.25) is 0 Å². The first-order chi connectivity index (χ1) is 7.10. The molecule has 1 heterocycles. The topological polar surface area (TPSA) is 22.0 Å². The molecule has 0 radical (unpaired) electrons. The lowest BCUT2D eigenvalue weighted by molar-refractivity contribution is -0.112. The molecule has 15 heavy (non-hydrogen) atoms. The molecule has 1 aromatic heterocycles. The first-order valence-electron chi connectivity index (χ1n) is 5.03. The van der Waals surface area contributed by atoms with E-state index in [1.807, 2.05) is 6.08 Å². The number of ketones is 1. The molecule has 0 atom stereocenters. The third-order valence-corrected chi connectivity index (χ3v) is 2.77. The predicted octanol–water partition coefficient (Wildman–Crippen LogP) is 2.95. The van der Waals surface area contributed by atoms with Crippen molar-refractivity contribution < 1.29 is 4.79 Å². The van der Waals surface area contributed by atoms with Gasteiger partial charge in [0.1, 0.15) is 0 Å². The lowest BCUT2D eigenvalue weighted by Gasteiger charge is -2.04. The largest absolute Gasteiger partial charge is 0.349 e. The minimum Gasteiger partial charge on any atom is -0.349 e. The molecule has 3 heteroatoms. The van der Waals surface area contributed by atoms with Gasteiger partial charge in [-0.1, -0.05) is 0 Å². The number of allylic oxidation sites excluding steroid dienone is 1. The second-order valence-corrected chi connectivity index (χ2v) is 3.77. The van der Waals surface area contributed by atoms with Gasteiger partial charge in [-0.3, -0.25) is 4.79 Å². The van der Waals surface area contributed by atoms with Crippen LogP contribution in [0.25, 0.3) is 6.08 Å². The lowest BCUT2D eigenvalue weighted by Crippen LogP contribution is -1.98. The summed E-state index contributed by atoms with van der Waals surface area (Å²) in [5.41, 5.74) is 3.49. The second kappa shape index (κ2) is 5.17. The molecule has 0 unspecified atom stereocenters. The fourth-order valence-electron chi connectivity index (χ4n) is 1.71. The summed E-state index contributed by atoms with van der Waals surface area (Å²) in [6, 6.07) is 2.08. The summed E-state index contributed by atoms with van der Waals surface area (Å²) in [4.78, 5) is 11.0. The van der Waals surface area contributed by atoms with E-state index in [0.717, 1.165) is 12.1 Å². The zero-order valence-corrected chi connectivity index (χ0v) is 10.1. The van der Waals surface area contributed by atoms with E-state index in [4.69, 9.17) is 11.6 Å². The lowest BCUT2D eigenvalue weighted by atomic mass is 10.2. The maximum atomic E-state index is 11.0. The molecule has 0 aliphatic carbocycles. The van der Waals surface area contributed by atoms with Crippen LogP contribution in [0.15, 0.2) is 12.1 Å². The van der Waals surface area contributed by atoms with Crippen LogP contribution in [0, 0.1) is 13.8 Å². The number of carbonyl (C=O) groups is 1. The average molecular weight is 226 g/mol. The van der Waals surface area contributed by atoms with E-state index in [1.54, 1.807) is 0 Å². The van der Waals surface area contributed by atoms with Gasteiger partial charge in [0.05, 0.1) is 5.88 Å². The maximum Gasteiger partial charge on any atom is 0.170 e. The molecule has 0 aliphatic heterocycles. The minimum atomic E-state index is -0.0574. The molecule has 0 saturated carbocycles. The Kier molecular flexibility index (Phi) is 4.15. The van der Waals surface area contributed by atoms with E-state index in [2.05, 4.69) is 31.4 Å². The highest BCUT2D eigenvalue weighted by Gasteiger charge is 2.04. The number of carbonyl (C=O) groups excluding carboxylic acids is 1. The van der Waals surface area contributed by atoms with Gasteiger partial charge in [-0.15, -0.1) is 11.6 Å². The predicted molar refractivity (Wildman–Crippen MR) is 64.3 cm³/mol. The van der Waals surface area contributed by atoms with E-state index in [0.29, 0.717) is 0 Å². The SMILES string of the molecule is CCn1c(C)cc(/C=C/C(=O)CCl)c1C. The van der Waals surface area contributed by atoms with Crippen LogP contribution in [0.1, 0.15) is 23.9 Å². The van der Waals surface area contributed by atoms with Crippen molar-refractivity contribution in [3.8, 4) is 0 Å². The van der Waals surface area contributed by atoms with E-state index >= 15 is 0 Å². The summed E-state index contributed by atoms with van der Waals surface area (Å²) in [6.07, 6.45) is 3.37. The molecule has 0 fully saturated rings. The molecule has 1 rings (SSSR count). The van der Waals surface area contributed by atoms with Crippen LogP contribution in [-0.2, 0) is 11.3 Å². The Balaban J connectivity index is 2.96. The number of alkyl halides is 1. The van der Waals surface area contributed by atoms with Crippen molar-refractivity contribution >= 4 is 23.5 Å². The first kappa shape index (κ1) is 12.1. The molecular weight excluding hydrogens is 210 g/mol. The molecule has 0 aromatic carbocycles. The molecule has 1 aromatic rings. The quantitative estimate of drug-likeness (QED) is 0.571. The van der Waals surface area contributed by atoms with Crippen molar-refractivity contribution in [2.75, 3.05) is 5.88 Å². The highest BCUT2D eigenvalue weighted by Crippen LogP contribution is 2.16. The van der Waals surface area contributed by atoms with Crippen molar-refractivity contribution in [2.45, 2.75) is 27.3 Å². The smallest absolute Gasteiger partial charge is 0.170 e. The molecular formula is C12H16ClNO. The Labute approximate surface area is 95.5 Å². The van der Waals surface area contributed by atoms with Gasteiger partial charge in [-0.05, 0) is 44.6 Å². The van der Waals surface area contributed by atoms with Crippen LogP contribution in [0.5, 0.6) is 0 Å². The maximum absolute atomic E-state index is 11.0. The third-order valence-electron chi connectivity index (χ3n) is 2.51. The summed E-state index contributed by atoms with van der Waals surface area (Å²) in [5, 5.41) is 0. The van der Waals surface area contributed by atoms with Crippen LogP contribution >= 0.6 is 11.6 Å². The standard InChI is InChI=1S/C12H16ClNO/c1-4-14-9(2)7-11(10(14)3)5-6-12(15)8-13/h5-7H,4,8H2,1-3H3/b6-5+. The van der Waals surface area contributed by atoms with E-state index in [1.165, 1.54) is 17.5 Å². The van der Waals surface area contributed by atoms with Crippen molar-refractivity contribution in [3.05, 3.63) is 29.1 Å². The van der Waals surface area contributed by atoms with E-state index in [-0.39, 0.29) is 11.7 Å². The van der Waals surface area contributed by atoms with Crippen LogP contribution < -0.4 is 0 Å². The summed E-state index contributed by atoms with van der Waals surface area (Å²) in [6.45, 7) is 7.19. The van der Waals surface area contributed by atoms with Gasteiger partial charge in [-0.25, -0.2) is 0 Å². The number of aromatic nitrogens is 1. The Morgan fingerprint density at radius 3 is 2.67 bits per heavy atom.